The molecule has 0 radical (unpaired) electrons. The molecule has 0 bridgehead atoms. The molecule has 4 aliphatic heterocycles. The number of benzene rings is 4. The highest BCUT2D eigenvalue weighted by Crippen LogP contribution is 2.34. The standard InChI is InChI=1S/2C22H22F3IN2O2/c2*23-17-7-6-15(16(20(17)25)9-13-4-5-14(26)10-18(13)24)21(29)28-11-22(30,12-28)19-3-1-2-8-27-19/h2*4-7,10,19,27,30H,1-3,8-9,11-12H2/t2*19-/m10/s1. The Hall–Kier alpha value is -3.30. The smallest absolute Gasteiger partial charge is 0.254 e. The summed E-state index contributed by atoms with van der Waals surface area (Å²) in [6.45, 7) is 2.16. The maximum atomic E-state index is 14.6. The molecule has 4 aliphatic rings. The first-order valence-corrected chi connectivity index (χ1v) is 22.0. The number of nitrogens with one attached hydrogen (secondary N) is 2. The Morgan fingerprint density at radius 1 is 0.583 bits per heavy atom. The molecular formula is C44H44F6I2N4O4. The molecule has 0 spiro atoms. The van der Waals surface area contributed by atoms with Gasteiger partial charge in [0.15, 0.2) is 23.3 Å². The lowest BCUT2D eigenvalue weighted by molar-refractivity contribution is -0.108. The molecule has 4 aromatic rings. The molecule has 60 heavy (non-hydrogen) atoms. The van der Waals surface area contributed by atoms with Crippen molar-refractivity contribution in [2.24, 2.45) is 0 Å². The Morgan fingerprint density at radius 2 is 0.967 bits per heavy atom. The maximum absolute atomic E-state index is 14.6. The van der Waals surface area contributed by atoms with Crippen molar-refractivity contribution in [1.82, 2.24) is 20.4 Å². The molecule has 2 atom stereocenters. The Labute approximate surface area is 371 Å². The van der Waals surface area contributed by atoms with Gasteiger partial charge in [0.25, 0.3) is 11.8 Å². The van der Waals surface area contributed by atoms with E-state index in [-0.39, 0.29) is 84.5 Å². The van der Waals surface area contributed by atoms with Gasteiger partial charge in [0.1, 0.15) is 22.8 Å². The predicted molar refractivity (Wildman–Crippen MR) is 230 cm³/mol. The van der Waals surface area contributed by atoms with Gasteiger partial charge in [-0.1, -0.05) is 25.0 Å². The molecule has 4 aromatic carbocycles. The van der Waals surface area contributed by atoms with Crippen LogP contribution in [-0.2, 0) is 12.8 Å². The summed E-state index contributed by atoms with van der Waals surface area (Å²) in [6, 6.07) is 13.1. The number of β-amino-alcohol motifs (C(OH)–C–C–N with tert-alkyl or cyclic N) is 2. The van der Waals surface area contributed by atoms with E-state index in [1.807, 2.05) is 45.2 Å². The molecule has 4 saturated heterocycles. The van der Waals surface area contributed by atoms with E-state index in [0.717, 1.165) is 63.7 Å². The summed E-state index contributed by atoms with van der Waals surface area (Å²) in [5, 5.41) is 28.2. The first-order valence-electron chi connectivity index (χ1n) is 19.9. The van der Waals surface area contributed by atoms with Crippen molar-refractivity contribution in [2.75, 3.05) is 39.3 Å². The third-order valence-electron chi connectivity index (χ3n) is 12.0. The fourth-order valence-electron chi connectivity index (χ4n) is 8.56. The molecule has 0 unspecified atom stereocenters. The molecule has 4 fully saturated rings. The molecule has 0 aliphatic carbocycles. The van der Waals surface area contributed by atoms with Crippen molar-refractivity contribution < 1.29 is 46.1 Å². The number of piperidine rings is 2. The van der Waals surface area contributed by atoms with E-state index in [2.05, 4.69) is 10.6 Å². The van der Waals surface area contributed by atoms with Crippen molar-refractivity contribution in [3.63, 3.8) is 0 Å². The summed E-state index contributed by atoms with van der Waals surface area (Å²) in [7, 11) is 0. The highest BCUT2D eigenvalue weighted by Gasteiger charge is 2.51. The molecule has 0 saturated carbocycles. The number of aliphatic hydroxyl groups is 2. The van der Waals surface area contributed by atoms with E-state index in [4.69, 9.17) is 0 Å². The fraction of sp³-hybridized carbons (Fsp3) is 0.409. The Kier molecular flexibility index (Phi) is 13.9. The van der Waals surface area contributed by atoms with Crippen LogP contribution in [0.4, 0.5) is 26.3 Å². The van der Waals surface area contributed by atoms with Gasteiger partial charge >= 0.3 is 0 Å². The van der Waals surface area contributed by atoms with Crippen LogP contribution in [-0.4, -0.2) is 94.4 Å². The highest BCUT2D eigenvalue weighted by molar-refractivity contribution is 14.1. The molecule has 8 rings (SSSR count). The van der Waals surface area contributed by atoms with Crippen molar-refractivity contribution in [1.29, 1.82) is 0 Å². The maximum Gasteiger partial charge on any atom is 0.254 e. The summed E-state index contributed by atoms with van der Waals surface area (Å²) >= 11 is 3.92. The van der Waals surface area contributed by atoms with Crippen molar-refractivity contribution in [2.45, 2.75) is 74.7 Å². The van der Waals surface area contributed by atoms with Gasteiger partial charge in [-0.05, 0) is 144 Å². The average molecular weight is 1060 g/mol. The van der Waals surface area contributed by atoms with Crippen LogP contribution in [0.1, 0.15) is 81.5 Å². The molecule has 4 heterocycles. The molecule has 320 valence electrons. The molecule has 4 N–H and O–H groups in total. The summed E-state index contributed by atoms with van der Waals surface area (Å²) < 4.78 is 87.0. The van der Waals surface area contributed by atoms with E-state index < -0.39 is 57.9 Å². The number of carbonyl (C=O) groups excluding carboxylic acids is 2. The Morgan fingerprint density at radius 3 is 1.30 bits per heavy atom. The van der Waals surface area contributed by atoms with Gasteiger partial charge in [0, 0.05) is 54.3 Å². The molecule has 2 amide bonds. The normalized spacial score (nSPS) is 20.7. The van der Waals surface area contributed by atoms with Gasteiger partial charge in [-0.25, -0.2) is 26.3 Å². The lowest BCUT2D eigenvalue weighted by Gasteiger charge is -2.51. The van der Waals surface area contributed by atoms with Crippen LogP contribution < -0.4 is 10.6 Å². The SMILES string of the molecule is O=C(c1ccc(F)c(F)c1Cc1ccc(I)cc1F)N1CC(O)([C@@H]2CCCCN2)C1.O=C(c1ccc(F)c(F)c1Cc1ccc(I)cc1F)N1CC(O)([C@H]2CCCCN2)C1. The topological polar surface area (TPSA) is 105 Å². The van der Waals surface area contributed by atoms with Gasteiger partial charge < -0.3 is 30.6 Å². The zero-order valence-corrected chi connectivity index (χ0v) is 36.8. The number of nitrogens with zero attached hydrogens (tertiary/aromatic N) is 2. The average Bonchev–Trinajstić information content (AvgIpc) is 3.21. The molecule has 0 aromatic heterocycles. The number of halogens is 8. The number of carbonyl (C=O) groups is 2. The van der Waals surface area contributed by atoms with Gasteiger partial charge in [0.05, 0.1) is 26.2 Å². The van der Waals surface area contributed by atoms with Crippen molar-refractivity contribution in [3.05, 3.63) is 136 Å². The third-order valence-corrected chi connectivity index (χ3v) is 13.3. The Balaban J connectivity index is 0.000000181. The second kappa shape index (κ2) is 18.6. The van der Waals surface area contributed by atoms with E-state index in [1.54, 1.807) is 12.1 Å². The number of hydrogen-bond donors (Lipinski definition) is 4. The molecule has 16 heteroatoms. The van der Waals surface area contributed by atoms with E-state index >= 15 is 0 Å². The van der Waals surface area contributed by atoms with Crippen LogP contribution in [0.3, 0.4) is 0 Å². The van der Waals surface area contributed by atoms with E-state index in [1.165, 1.54) is 46.2 Å². The number of amides is 2. The van der Waals surface area contributed by atoms with Crippen LogP contribution >= 0.6 is 45.2 Å². The van der Waals surface area contributed by atoms with Crippen molar-refractivity contribution in [3.8, 4) is 0 Å². The van der Waals surface area contributed by atoms with Crippen LogP contribution in [0, 0.1) is 42.0 Å². The quantitative estimate of drug-likeness (QED) is 0.110. The first kappa shape index (κ1) is 44.7. The largest absolute Gasteiger partial charge is 0.385 e. The summed E-state index contributed by atoms with van der Waals surface area (Å²) in [5.41, 5.74) is -2.04. The molecule has 8 nitrogen and oxygen atoms in total. The van der Waals surface area contributed by atoms with Gasteiger partial charge in [-0.3, -0.25) is 9.59 Å². The summed E-state index contributed by atoms with van der Waals surface area (Å²) in [6.07, 6.45) is 5.34. The van der Waals surface area contributed by atoms with Crippen LogP contribution in [0.25, 0.3) is 0 Å². The monoisotopic (exact) mass is 1060 g/mol. The predicted octanol–water partition coefficient (Wildman–Crippen LogP) is 7.26. The first-order chi connectivity index (χ1) is 28.6. The van der Waals surface area contributed by atoms with Crippen LogP contribution in [0.2, 0.25) is 0 Å². The minimum atomic E-state index is -1.15. The van der Waals surface area contributed by atoms with Gasteiger partial charge in [-0.15, -0.1) is 0 Å². The van der Waals surface area contributed by atoms with Gasteiger partial charge in [-0.2, -0.15) is 0 Å². The van der Waals surface area contributed by atoms with Gasteiger partial charge in [0.2, 0.25) is 0 Å². The van der Waals surface area contributed by atoms with E-state index in [0.29, 0.717) is 7.14 Å². The lowest BCUT2D eigenvalue weighted by atomic mass is 9.81. The minimum absolute atomic E-state index is 0.00879. The number of rotatable bonds is 8. The van der Waals surface area contributed by atoms with E-state index in [9.17, 15) is 46.1 Å². The minimum Gasteiger partial charge on any atom is -0.385 e. The van der Waals surface area contributed by atoms with Crippen LogP contribution in [0.15, 0.2) is 60.7 Å². The number of likely N-dealkylation sites (tertiary alicyclic amines) is 2. The third kappa shape index (κ3) is 9.52. The zero-order chi connectivity index (χ0) is 42.9. The second-order valence-corrected chi connectivity index (χ2v) is 18.6. The fourth-order valence-corrected chi connectivity index (χ4v) is 9.47. The highest BCUT2D eigenvalue weighted by atomic mass is 127. The Bertz CT molecular complexity index is 2100. The summed E-state index contributed by atoms with van der Waals surface area (Å²) in [5.74, 6) is -6.52. The zero-order valence-electron chi connectivity index (χ0n) is 32.5. The summed E-state index contributed by atoms with van der Waals surface area (Å²) in [4.78, 5) is 28.9. The van der Waals surface area contributed by atoms with Crippen LogP contribution in [0.5, 0.6) is 0 Å². The lowest BCUT2D eigenvalue weighted by Crippen LogP contribution is -2.72. The number of hydrogen-bond acceptors (Lipinski definition) is 6. The molecular weight excluding hydrogens is 1020 g/mol. The second-order valence-electron chi connectivity index (χ2n) is 16.1. The van der Waals surface area contributed by atoms with Crippen molar-refractivity contribution >= 4 is 57.0 Å².